The van der Waals surface area contributed by atoms with Gasteiger partial charge in [-0.05, 0) is 85.7 Å². The molecular formula is C29H21Br. The normalized spacial score (nSPS) is 15.0. The molecule has 0 N–H and O–H groups in total. The van der Waals surface area contributed by atoms with Crippen molar-refractivity contribution in [1.29, 1.82) is 0 Å². The van der Waals surface area contributed by atoms with Crippen LogP contribution >= 0.6 is 15.9 Å². The second kappa shape index (κ2) is 7.11. The van der Waals surface area contributed by atoms with E-state index >= 15 is 0 Å². The van der Waals surface area contributed by atoms with Gasteiger partial charge in [0, 0.05) is 4.47 Å². The van der Waals surface area contributed by atoms with Crippen molar-refractivity contribution >= 4 is 61.3 Å². The molecule has 0 atom stereocenters. The van der Waals surface area contributed by atoms with Crippen LogP contribution in [0, 0.1) is 0 Å². The van der Waals surface area contributed by atoms with E-state index in [4.69, 9.17) is 0 Å². The third-order valence-corrected chi connectivity index (χ3v) is 7.13. The molecule has 144 valence electrons. The number of fused-ring (bicyclic) bond motifs is 7. The van der Waals surface area contributed by atoms with Crippen molar-refractivity contribution in [1.82, 2.24) is 0 Å². The van der Waals surface area contributed by atoms with Crippen LogP contribution in [0.15, 0.2) is 77.3 Å². The first-order valence-electron chi connectivity index (χ1n) is 10.6. The van der Waals surface area contributed by atoms with Crippen molar-refractivity contribution in [2.75, 3.05) is 0 Å². The molecule has 0 saturated heterocycles. The van der Waals surface area contributed by atoms with Crippen LogP contribution in [-0.4, -0.2) is 0 Å². The van der Waals surface area contributed by atoms with Gasteiger partial charge in [0.1, 0.15) is 0 Å². The highest BCUT2D eigenvalue weighted by Crippen LogP contribution is 2.32. The number of allylic oxidation sites excluding steroid dienone is 3. The molecule has 4 aromatic rings. The summed E-state index contributed by atoms with van der Waals surface area (Å²) in [5, 5.41) is 8.08. The van der Waals surface area contributed by atoms with Crippen LogP contribution in [-0.2, 0) is 6.42 Å². The summed E-state index contributed by atoms with van der Waals surface area (Å²) in [6.07, 6.45) is 15.1. The smallest absolute Gasteiger partial charge is 0.0254 e. The molecule has 2 aliphatic rings. The molecule has 4 aromatic carbocycles. The molecule has 0 saturated carbocycles. The average Bonchev–Trinajstić information content (AvgIpc) is 3.03. The van der Waals surface area contributed by atoms with Crippen LogP contribution in [0.3, 0.4) is 0 Å². The average molecular weight is 449 g/mol. The Labute approximate surface area is 184 Å². The van der Waals surface area contributed by atoms with Gasteiger partial charge < -0.3 is 0 Å². The highest BCUT2D eigenvalue weighted by atomic mass is 79.9. The Morgan fingerprint density at radius 1 is 0.700 bits per heavy atom. The number of hydrogen-bond donors (Lipinski definition) is 0. The first kappa shape index (κ1) is 17.9. The monoisotopic (exact) mass is 448 g/mol. The third kappa shape index (κ3) is 2.73. The summed E-state index contributed by atoms with van der Waals surface area (Å²) in [5.41, 5.74) is 5.54. The lowest BCUT2D eigenvalue weighted by Crippen LogP contribution is -2.31. The molecule has 0 unspecified atom stereocenters. The van der Waals surface area contributed by atoms with E-state index in [0.29, 0.717) is 0 Å². The number of rotatable bonds is 1. The third-order valence-electron chi connectivity index (χ3n) is 6.43. The van der Waals surface area contributed by atoms with Crippen LogP contribution in [0.1, 0.15) is 29.5 Å². The summed E-state index contributed by atoms with van der Waals surface area (Å²) < 4.78 is 1.15. The van der Waals surface area contributed by atoms with Crippen molar-refractivity contribution < 1.29 is 0 Å². The van der Waals surface area contributed by atoms with Gasteiger partial charge in [-0.3, -0.25) is 0 Å². The fraction of sp³-hybridized carbons (Fsp3) is 0.103. The molecule has 0 radical (unpaired) electrons. The second-order valence-corrected chi connectivity index (χ2v) is 8.94. The number of hydrogen-bond acceptors (Lipinski definition) is 0. The van der Waals surface area contributed by atoms with E-state index in [1.54, 1.807) is 0 Å². The number of benzene rings is 4. The predicted molar refractivity (Wildman–Crippen MR) is 134 cm³/mol. The fourth-order valence-electron chi connectivity index (χ4n) is 5.07. The fourth-order valence-corrected chi connectivity index (χ4v) is 5.54. The lowest BCUT2D eigenvalue weighted by molar-refractivity contribution is 0.976. The van der Waals surface area contributed by atoms with Crippen LogP contribution in [0.5, 0.6) is 0 Å². The topological polar surface area (TPSA) is 0 Å². The molecule has 2 aliphatic carbocycles. The highest BCUT2D eigenvalue weighted by Gasteiger charge is 2.15. The molecule has 30 heavy (non-hydrogen) atoms. The largest absolute Gasteiger partial charge is 0.0836 e. The van der Waals surface area contributed by atoms with Gasteiger partial charge >= 0.3 is 0 Å². The summed E-state index contributed by atoms with van der Waals surface area (Å²) >= 11 is 3.73. The zero-order chi connectivity index (χ0) is 20.1. The van der Waals surface area contributed by atoms with Crippen molar-refractivity contribution in [3.63, 3.8) is 0 Å². The minimum Gasteiger partial charge on any atom is -0.0836 e. The maximum Gasteiger partial charge on any atom is 0.0254 e. The SMILES string of the molecule is Brc1ccc(C2=CCC=c3c4c(c5ccccc5c3=C2)C=CCC4)c2ccccc12. The maximum atomic E-state index is 3.73. The van der Waals surface area contributed by atoms with Crippen molar-refractivity contribution in [3.05, 3.63) is 104 Å². The van der Waals surface area contributed by atoms with Crippen LogP contribution in [0.2, 0.25) is 0 Å². The van der Waals surface area contributed by atoms with Crippen molar-refractivity contribution in [2.45, 2.75) is 19.3 Å². The van der Waals surface area contributed by atoms with E-state index in [-0.39, 0.29) is 0 Å². The molecule has 0 spiro atoms. The van der Waals surface area contributed by atoms with Gasteiger partial charge in [-0.25, -0.2) is 0 Å². The van der Waals surface area contributed by atoms with Crippen LogP contribution in [0.25, 0.3) is 45.3 Å². The van der Waals surface area contributed by atoms with Gasteiger partial charge in [0.15, 0.2) is 0 Å². The summed E-state index contributed by atoms with van der Waals surface area (Å²) in [7, 11) is 0. The van der Waals surface area contributed by atoms with Gasteiger partial charge in [0.25, 0.3) is 0 Å². The van der Waals surface area contributed by atoms with E-state index in [0.717, 1.165) is 23.7 Å². The molecule has 1 heteroatoms. The molecule has 0 aromatic heterocycles. The molecular weight excluding hydrogens is 428 g/mol. The van der Waals surface area contributed by atoms with Crippen molar-refractivity contribution in [3.8, 4) is 0 Å². The van der Waals surface area contributed by atoms with Gasteiger partial charge in [-0.2, -0.15) is 0 Å². The Kier molecular flexibility index (Phi) is 4.24. The van der Waals surface area contributed by atoms with E-state index in [1.165, 1.54) is 54.2 Å². The summed E-state index contributed by atoms with van der Waals surface area (Å²) in [6, 6.07) is 22.0. The second-order valence-electron chi connectivity index (χ2n) is 8.09. The number of halogens is 1. The summed E-state index contributed by atoms with van der Waals surface area (Å²) in [5.74, 6) is 0. The maximum absolute atomic E-state index is 3.73. The molecule has 0 fully saturated rings. The molecule has 0 bridgehead atoms. The lowest BCUT2D eigenvalue weighted by atomic mass is 9.88. The quantitative estimate of drug-likeness (QED) is 0.301. The Morgan fingerprint density at radius 3 is 2.33 bits per heavy atom. The van der Waals surface area contributed by atoms with E-state index in [2.05, 4.69) is 107 Å². The Hall–Kier alpha value is -2.90. The molecule has 6 rings (SSSR count). The van der Waals surface area contributed by atoms with Crippen molar-refractivity contribution in [2.24, 2.45) is 0 Å². The predicted octanol–water partition coefficient (Wildman–Crippen LogP) is 6.76. The van der Waals surface area contributed by atoms with Crippen LogP contribution < -0.4 is 10.4 Å². The molecule has 0 amide bonds. The van der Waals surface area contributed by atoms with Gasteiger partial charge in [-0.15, -0.1) is 0 Å². The minimum absolute atomic E-state index is 0.956. The Morgan fingerprint density at radius 2 is 1.47 bits per heavy atom. The Balaban J connectivity index is 1.70. The molecule has 0 nitrogen and oxygen atoms in total. The molecule has 0 aliphatic heterocycles. The summed E-state index contributed by atoms with van der Waals surface area (Å²) in [6.45, 7) is 0. The minimum atomic E-state index is 0.956. The van der Waals surface area contributed by atoms with E-state index in [1.807, 2.05) is 0 Å². The first-order chi connectivity index (χ1) is 14.8. The molecule has 0 heterocycles. The van der Waals surface area contributed by atoms with Gasteiger partial charge in [0.05, 0.1) is 0 Å². The first-order valence-corrected chi connectivity index (χ1v) is 11.4. The Bertz CT molecular complexity index is 1520. The highest BCUT2D eigenvalue weighted by molar-refractivity contribution is 9.10. The van der Waals surface area contributed by atoms with Gasteiger partial charge in [-0.1, -0.05) is 94.8 Å². The van der Waals surface area contributed by atoms with Gasteiger partial charge in [0.2, 0.25) is 0 Å². The zero-order valence-corrected chi connectivity index (χ0v) is 18.2. The lowest BCUT2D eigenvalue weighted by Gasteiger charge is -2.16. The standard InChI is InChI=1S/C29H21Br/c30-29-17-16-20(21-9-5-6-14-27(21)29)19-8-7-15-26-24-12-2-1-10-22(24)23-11-3-4-13-25(23)28(26)18-19/h1,3-6,8-11,13-18H,2,7,12H2. The van der Waals surface area contributed by atoms with Crippen LogP contribution in [0.4, 0.5) is 0 Å². The van der Waals surface area contributed by atoms with E-state index < -0.39 is 0 Å². The van der Waals surface area contributed by atoms with E-state index in [9.17, 15) is 0 Å². The zero-order valence-electron chi connectivity index (χ0n) is 16.7. The summed E-state index contributed by atoms with van der Waals surface area (Å²) in [4.78, 5) is 0.